The Morgan fingerprint density at radius 3 is 2.71 bits per heavy atom. The van der Waals surface area contributed by atoms with Crippen LogP contribution in [0.4, 0.5) is 0 Å². The van der Waals surface area contributed by atoms with Crippen molar-refractivity contribution in [3.63, 3.8) is 0 Å². The predicted octanol–water partition coefficient (Wildman–Crippen LogP) is 1.35. The molecule has 21 heavy (non-hydrogen) atoms. The van der Waals surface area contributed by atoms with Gasteiger partial charge < -0.3 is 14.2 Å². The lowest BCUT2D eigenvalue weighted by atomic mass is 10.1. The third-order valence-corrected chi connectivity index (χ3v) is 3.62. The molecule has 6 heteroatoms. The molecule has 110 valence electrons. The van der Waals surface area contributed by atoms with Gasteiger partial charge in [0.2, 0.25) is 11.8 Å². The molecule has 0 aromatic carbocycles. The molecule has 1 amide bonds. The fourth-order valence-electron chi connectivity index (χ4n) is 2.47. The number of carbonyl (C=O) groups is 1. The molecule has 0 saturated carbocycles. The van der Waals surface area contributed by atoms with Gasteiger partial charge in [-0.05, 0) is 12.1 Å². The number of carbonyl (C=O) groups excluding carboxylic acids is 1. The van der Waals surface area contributed by atoms with Gasteiger partial charge in [0.25, 0.3) is 0 Å². The van der Waals surface area contributed by atoms with Crippen molar-refractivity contribution >= 4 is 5.91 Å². The minimum absolute atomic E-state index is 0.121. The van der Waals surface area contributed by atoms with Crippen molar-refractivity contribution in [3.05, 3.63) is 43.1 Å². The second kappa shape index (κ2) is 6.39. The Balaban J connectivity index is 1.47. The van der Waals surface area contributed by atoms with Crippen molar-refractivity contribution < 1.29 is 9.53 Å². The molecule has 0 unspecified atom stereocenters. The van der Waals surface area contributed by atoms with Crippen LogP contribution >= 0.6 is 0 Å². The Morgan fingerprint density at radius 2 is 2.05 bits per heavy atom. The van der Waals surface area contributed by atoms with Gasteiger partial charge in [0.15, 0.2) is 0 Å². The number of ether oxygens (including phenoxy) is 1. The summed E-state index contributed by atoms with van der Waals surface area (Å²) in [6.07, 6.45) is 8.74. The molecule has 2 aromatic heterocycles. The van der Waals surface area contributed by atoms with Gasteiger partial charge in [-0.15, -0.1) is 0 Å². The van der Waals surface area contributed by atoms with E-state index in [1.807, 2.05) is 34.0 Å². The molecule has 0 aliphatic carbocycles. The average Bonchev–Trinajstić information content (AvgIpc) is 3.02. The van der Waals surface area contributed by atoms with Crippen LogP contribution in [0.1, 0.15) is 12.8 Å². The summed E-state index contributed by atoms with van der Waals surface area (Å²) >= 11 is 0. The Morgan fingerprint density at radius 1 is 1.29 bits per heavy atom. The maximum absolute atomic E-state index is 12.2. The monoisotopic (exact) mass is 286 g/mol. The quantitative estimate of drug-likeness (QED) is 0.851. The maximum atomic E-state index is 12.2. The van der Waals surface area contributed by atoms with Crippen molar-refractivity contribution in [2.45, 2.75) is 25.5 Å². The molecule has 1 fully saturated rings. The minimum atomic E-state index is 0.121. The van der Waals surface area contributed by atoms with Gasteiger partial charge >= 0.3 is 0 Å². The van der Waals surface area contributed by atoms with E-state index in [2.05, 4.69) is 9.97 Å². The van der Waals surface area contributed by atoms with Crippen LogP contribution in [0.25, 0.3) is 0 Å². The number of rotatable bonds is 4. The summed E-state index contributed by atoms with van der Waals surface area (Å²) in [5, 5.41) is 0. The summed E-state index contributed by atoms with van der Waals surface area (Å²) in [6.45, 7) is 1.87. The summed E-state index contributed by atoms with van der Waals surface area (Å²) in [5.41, 5.74) is 0. The van der Waals surface area contributed by atoms with Gasteiger partial charge in [-0.3, -0.25) is 4.79 Å². The molecular formula is C15H18N4O2. The summed E-state index contributed by atoms with van der Waals surface area (Å²) in [6, 6.07) is 5.60. The standard InChI is InChI=1S/C15H18N4O2/c20-15(11-18-7-1-2-8-18)19-9-4-13(5-10-19)21-14-3-6-16-12-17-14/h1-3,6-8,12-13H,4-5,9-11H2. The number of aromatic nitrogens is 3. The van der Waals surface area contributed by atoms with Crippen molar-refractivity contribution in [1.29, 1.82) is 0 Å². The summed E-state index contributed by atoms with van der Waals surface area (Å²) < 4.78 is 7.69. The van der Waals surface area contributed by atoms with E-state index in [0.717, 1.165) is 25.9 Å². The Labute approximate surface area is 123 Å². The van der Waals surface area contributed by atoms with Crippen molar-refractivity contribution in [3.8, 4) is 5.88 Å². The normalized spacial score (nSPS) is 15.9. The Kier molecular flexibility index (Phi) is 4.14. The molecule has 1 aliphatic heterocycles. The SMILES string of the molecule is O=C(Cn1cccc1)N1CCC(Oc2ccncn2)CC1. The lowest BCUT2D eigenvalue weighted by Crippen LogP contribution is -2.43. The summed E-state index contributed by atoms with van der Waals surface area (Å²) in [5.74, 6) is 0.758. The van der Waals surface area contributed by atoms with Crippen LogP contribution in [-0.4, -0.2) is 44.5 Å². The first kappa shape index (κ1) is 13.6. The van der Waals surface area contributed by atoms with Crippen LogP contribution in [0.3, 0.4) is 0 Å². The molecule has 0 N–H and O–H groups in total. The molecule has 1 aliphatic rings. The number of amides is 1. The summed E-state index contributed by atoms with van der Waals surface area (Å²) in [7, 11) is 0. The van der Waals surface area contributed by atoms with Crippen LogP contribution in [0.15, 0.2) is 43.1 Å². The van der Waals surface area contributed by atoms with E-state index in [9.17, 15) is 4.79 Å². The molecule has 1 saturated heterocycles. The third kappa shape index (κ3) is 3.59. The van der Waals surface area contributed by atoms with Crippen LogP contribution in [0.2, 0.25) is 0 Å². The predicted molar refractivity (Wildman–Crippen MR) is 76.7 cm³/mol. The zero-order valence-electron chi connectivity index (χ0n) is 11.8. The molecule has 0 radical (unpaired) electrons. The fourth-order valence-corrected chi connectivity index (χ4v) is 2.47. The van der Waals surface area contributed by atoms with E-state index < -0.39 is 0 Å². The van der Waals surface area contributed by atoms with E-state index in [0.29, 0.717) is 12.4 Å². The molecule has 3 rings (SSSR count). The topological polar surface area (TPSA) is 60.2 Å². The van der Waals surface area contributed by atoms with Gasteiger partial charge in [0.1, 0.15) is 19.0 Å². The molecule has 0 bridgehead atoms. The minimum Gasteiger partial charge on any atom is -0.474 e. The third-order valence-electron chi connectivity index (χ3n) is 3.62. The van der Waals surface area contributed by atoms with Crippen LogP contribution in [0.5, 0.6) is 5.88 Å². The lowest BCUT2D eigenvalue weighted by molar-refractivity contribution is -0.133. The number of likely N-dealkylation sites (tertiary alicyclic amines) is 1. The molecule has 2 aromatic rings. The van der Waals surface area contributed by atoms with Crippen LogP contribution in [-0.2, 0) is 11.3 Å². The largest absolute Gasteiger partial charge is 0.474 e. The molecule has 0 spiro atoms. The molecule has 0 atom stereocenters. The molecule has 3 heterocycles. The van der Waals surface area contributed by atoms with Gasteiger partial charge in [0.05, 0.1) is 0 Å². The Bertz CT molecular complexity index is 563. The number of piperidine rings is 1. The van der Waals surface area contributed by atoms with Gasteiger partial charge in [-0.25, -0.2) is 9.97 Å². The Hall–Kier alpha value is -2.37. The number of hydrogen-bond donors (Lipinski definition) is 0. The van der Waals surface area contributed by atoms with Crippen molar-refractivity contribution in [2.75, 3.05) is 13.1 Å². The first-order valence-corrected chi connectivity index (χ1v) is 7.12. The summed E-state index contributed by atoms with van der Waals surface area (Å²) in [4.78, 5) is 22.0. The van der Waals surface area contributed by atoms with Crippen molar-refractivity contribution in [1.82, 2.24) is 19.4 Å². The van der Waals surface area contributed by atoms with E-state index in [-0.39, 0.29) is 12.0 Å². The highest BCUT2D eigenvalue weighted by molar-refractivity contribution is 5.76. The first-order chi connectivity index (χ1) is 10.3. The highest BCUT2D eigenvalue weighted by Gasteiger charge is 2.24. The van der Waals surface area contributed by atoms with Gasteiger partial charge in [0, 0.05) is 50.6 Å². The van der Waals surface area contributed by atoms with E-state index >= 15 is 0 Å². The van der Waals surface area contributed by atoms with Crippen LogP contribution < -0.4 is 4.74 Å². The van der Waals surface area contributed by atoms with Gasteiger partial charge in [-0.1, -0.05) is 0 Å². The van der Waals surface area contributed by atoms with Crippen molar-refractivity contribution in [2.24, 2.45) is 0 Å². The lowest BCUT2D eigenvalue weighted by Gasteiger charge is -2.32. The molecule has 6 nitrogen and oxygen atoms in total. The van der Waals surface area contributed by atoms with E-state index in [1.165, 1.54) is 6.33 Å². The zero-order valence-corrected chi connectivity index (χ0v) is 11.8. The molecular weight excluding hydrogens is 268 g/mol. The number of nitrogens with zero attached hydrogens (tertiary/aromatic N) is 4. The second-order valence-corrected chi connectivity index (χ2v) is 5.10. The van der Waals surface area contributed by atoms with Crippen LogP contribution in [0, 0.1) is 0 Å². The van der Waals surface area contributed by atoms with E-state index in [4.69, 9.17) is 4.74 Å². The van der Waals surface area contributed by atoms with Gasteiger partial charge in [-0.2, -0.15) is 0 Å². The fraction of sp³-hybridized carbons (Fsp3) is 0.400. The highest BCUT2D eigenvalue weighted by Crippen LogP contribution is 2.16. The maximum Gasteiger partial charge on any atom is 0.242 e. The van der Waals surface area contributed by atoms with E-state index in [1.54, 1.807) is 12.3 Å². The smallest absolute Gasteiger partial charge is 0.242 e. The number of hydrogen-bond acceptors (Lipinski definition) is 4. The highest BCUT2D eigenvalue weighted by atomic mass is 16.5. The first-order valence-electron chi connectivity index (χ1n) is 7.12. The zero-order chi connectivity index (χ0) is 14.5. The average molecular weight is 286 g/mol. The second-order valence-electron chi connectivity index (χ2n) is 5.10.